The largest absolute Gasteiger partial charge is 0.332 e. The van der Waals surface area contributed by atoms with Crippen molar-refractivity contribution in [1.82, 2.24) is 20.0 Å². The molecule has 2 fully saturated rings. The van der Waals surface area contributed by atoms with Crippen LogP contribution in [0.5, 0.6) is 0 Å². The molecular weight excluding hydrogens is 300 g/mol. The Kier molecular flexibility index (Phi) is 3.79. The van der Waals surface area contributed by atoms with Gasteiger partial charge in [-0.05, 0) is 24.5 Å². The van der Waals surface area contributed by atoms with E-state index in [2.05, 4.69) is 39.6 Å². The van der Waals surface area contributed by atoms with E-state index in [9.17, 15) is 4.79 Å². The number of benzene rings is 1. The number of carbonyl (C=O) groups excluding carboxylic acids is 1. The molecule has 1 N–H and O–H groups in total. The summed E-state index contributed by atoms with van der Waals surface area (Å²) in [6.07, 6.45) is 6.52. The van der Waals surface area contributed by atoms with Crippen molar-refractivity contribution >= 4 is 6.03 Å². The lowest BCUT2D eigenvalue weighted by atomic mass is 9.62. The van der Waals surface area contributed by atoms with E-state index >= 15 is 0 Å². The van der Waals surface area contributed by atoms with Crippen LogP contribution in [0.25, 0.3) is 0 Å². The Morgan fingerprint density at radius 2 is 2.12 bits per heavy atom. The Labute approximate surface area is 142 Å². The summed E-state index contributed by atoms with van der Waals surface area (Å²) in [6, 6.07) is 12.5. The van der Waals surface area contributed by atoms with Gasteiger partial charge in [-0.25, -0.2) is 4.79 Å². The van der Waals surface area contributed by atoms with Crippen LogP contribution in [0.3, 0.4) is 0 Å². The lowest BCUT2D eigenvalue weighted by Crippen LogP contribution is -2.69. The van der Waals surface area contributed by atoms with Gasteiger partial charge in [0.1, 0.15) is 0 Å². The molecule has 5 heteroatoms. The molecule has 2 amide bonds. The highest BCUT2D eigenvalue weighted by molar-refractivity contribution is 5.77. The summed E-state index contributed by atoms with van der Waals surface area (Å²) in [6.45, 7) is 1.38. The van der Waals surface area contributed by atoms with Crippen LogP contribution in [0.2, 0.25) is 0 Å². The topological polar surface area (TPSA) is 50.2 Å². The molecule has 24 heavy (non-hydrogen) atoms. The quantitative estimate of drug-likeness (QED) is 0.943. The molecule has 4 rings (SSSR count). The monoisotopic (exact) mass is 324 g/mol. The fourth-order valence-corrected chi connectivity index (χ4v) is 4.46. The van der Waals surface area contributed by atoms with Crippen molar-refractivity contribution in [2.75, 3.05) is 6.54 Å². The van der Waals surface area contributed by atoms with E-state index in [1.165, 1.54) is 24.8 Å². The van der Waals surface area contributed by atoms with Gasteiger partial charge in [0.15, 0.2) is 0 Å². The van der Waals surface area contributed by atoms with Crippen molar-refractivity contribution in [2.45, 2.75) is 37.8 Å². The third kappa shape index (κ3) is 2.30. The molecule has 0 bridgehead atoms. The van der Waals surface area contributed by atoms with Crippen LogP contribution >= 0.6 is 0 Å². The standard InChI is InChI=1S/C19H24N4O/c1-22-17(10-12-21-22)13-20-18(24)23-14-16-9-5-6-11-19(16,23)15-7-3-2-4-8-15/h2-4,7-8,10,12,16H,5-6,9,11,13-14H2,1H3,(H,20,24)/t16-,19+/m0/s1. The van der Waals surface area contributed by atoms with Crippen LogP contribution in [-0.4, -0.2) is 27.3 Å². The second-order valence-corrected chi connectivity index (χ2v) is 6.95. The van der Waals surface area contributed by atoms with Crippen molar-refractivity contribution in [3.05, 3.63) is 53.9 Å². The third-order valence-corrected chi connectivity index (χ3v) is 5.78. The average Bonchev–Trinajstić information content (AvgIpc) is 3.00. The fraction of sp³-hybridized carbons (Fsp3) is 0.474. The predicted octanol–water partition coefficient (Wildman–Crippen LogP) is 3.03. The average molecular weight is 324 g/mol. The molecule has 1 aliphatic heterocycles. The maximum absolute atomic E-state index is 12.9. The van der Waals surface area contributed by atoms with Crippen molar-refractivity contribution in [3.63, 3.8) is 0 Å². The molecule has 1 aromatic heterocycles. The molecule has 126 valence electrons. The van der Waals surface area contributed by atoms with Crippen LogP contribution < -0.4 is 5.32 Å². The van der Waals surface area contributed by atoms with Gasteiger partial charge in [-0.15, -0.1) is 0 Å². The normalized spacial score (nSPS) is 25.7. The van der Waals surface area contributed by atoms with Gasteiger partial charge in [0.2, 0.25) is 0 Å². The van der Waals surface area contributed by atoms with Crippen molar-refractivity contribution in [3.8, 4) is 0 Å². The van der Waals surface area contributed by atoms with Crippen LogP contribution in [0.1, 0.15) is 36.9 Å². The number of rotatable bonds is 3. The Balaban J connectivity index is 1.54. The molecule has 2 aliphatic rings. The SMILES string of the molecule is Cn1nccc1CNC(=O)N1C[C@@H]2CCCC[C@@]21c1ccccc1. The maximum Gasteiger partial charge on any atom is 0.318 e. The Morgan fingerprint density at radius 3 is 2.83 bits per heavy atom. The molecule has 0 unspecified atom stereocenters. The molecule has 1 saturated carbocycles. The summed E-state index contributed by atoms with van der Waals surface area (Å²) in [5.74, 6) is 0.594. The van der Waals surface area contributed by atoms with E-state index in [1.807, 2.05) is 19.2 Å². The first kappa shape index (κ1) is 15.2. The maximum atomic E-state index is 12.9. The van der Waals surface area contributed by atoms with Crippen molar-refractivity contribution in [2.24, 2.45) is 13.0 Å². The lowest BCUT2D eigenvalue weighted by molar-refractivity contribution is -0.0794. The lowest BCUT2D eigenvalue weighted by Gasteiger charge is -2.61. The predicted molar refractivity (Wildman–Crippen MR) is 92.2 cm³/mol. The first-order valence-electron chi connectivity index (χ1n) is 8.80. The van der Waals surface area contributed by atoms with Gasteiger partial charge in [0.05, 0.1) is 17.8 Å². The molecule has 2 heterocycles. The van der Waals surface area contributed by atoms with E-state index < -0.39 is 0 Å². The van der Waals surface area contributed by atoms with E-state index in [4.69, 9.17) is 0 Å². The smallest absolute Gasteiger partial charge is 0.318 e. The Bertz CT molecular complexity index is 726. The van der Waals surface area contributed by atoms with E-state index in [0.29, 0.717) is 12.5 Å². The zero-order valence-electron chi connectivity index (χ0n) is 14.1. The van der Waals surface area contributed by atoms with Gasteiger partial charge < -0.3 is 10.2 Å². The summed E-state index contributed by atoms with van der Waals surface area (Å²) < 4.78 is 1.80. The molecule has 0 spiro atoms. The summed E-state index contributed by atoms with van der Waals surface area (Å²) in [5.41, 5.74) is 2.20. The highest BCUT2D eigenvalue weighted by Gasteiger charge is 2.56. The zero-order valence-corrected chi connectivity index (χ0v) is 14.1. The van der Waals surface area contributed by atoms with E-state index in [1.54, 1.807) is 10.9 Å². The number of hydrogen-bond acceptors (Lipinski definition) is 2. The number of nitrogens with one attached hydrogen (secondary N) is 1. The fourth-order valence-electron chi connectivity index (χ4n) is 4.46. The number of hydrogen-bond donors (Lipinski definition) is 1. The van der Waals surface area contributed by atoms with Gasteiger partial charge in [0.25, 0.3) is 0 Å². The number of nitrogens with zero attached hydrogens (tertiary/aromatic N) is 3. The number of aryl methyl sites for hydroxylation is 1. The van der Waals surface area contributed by atoms with Crippen LogP contribution in [0.15, 0.2) is 42.6 Å². The summed E-state index contributed by atoms with van der Waals surface area (Å²) in [5, 5.41) is 7.23. The number of carbonyl (C=O) groups is 1. The van der Waals surface area contributed by atoms with Crippen molar-refractivity contribution in [1.29, 1.82) is 0 Å². The first-order chi connectivity index (χ1) is 11.7. The molecule has 2 aromatic rings. The second-order valence-electron chi connectivity index (χ2n) is 6.95. The Hall–Kier alpha value is -2.30. The second kappa shape index (κ2) is 5.96. The number of likely N-dealkylation sites (tertiary alicyclic amines) is 1. The van der Waals surface area contributed by atoms with Crippen LogP contribution in [-0.2, 0) is 19.1 Å². The third-order valence-electron chi connectivity index (χ3n) is 5.78. The van der Waals surface area contributed by atoms with Gasteiger partial charge in [-0.3, -0.25) is 4.68 Å². The summed E-state index contributed by atoms with van der Waals surface area (Å²) in [4.78, 5) is 14.9. The minimum Gasteiger partial charge on any atom is -0.332 e. The molecule has 2 atom stereocenters. The zero-order chi connectivity index (χ0) is 16.6. The van der Waals surface area contributed by atoms with Gasteiger partial charge in [-0.1, -0.05) is 43.2 Å². The van der Waals surface area contributed by atoms with Crippen molar-refractivity contribution < 1.29 is 4.79 Å². The minimum atomic E-state index is -0.101. The molecule has 1 aromatic carbocycles. The highest BCUT2D eigenvalue weighted by atomic mass is 16.2. The minimum absolute atomic E-state index is 0.0400. The van der Waals surface area contributed by atoms with E-state index in [-0.39, 0.29) is 11.6 Å². The number of urea groups is 1. The van der Waals surface area contributed by atoms with Crippen LogP contribution in [0.4, 0.5) is 4.79 Å². The molecule has 0 radical (unpaired) electrons. The number of aromatic nitrogens is 2. The Morgan fingerprint density at radius 1 is 1.29 bits per heavy atom. The van der Waals surface area contributed by atoms with Gasteiger partial charge >= 0.3 is 6.03 Å². The molecule has 5 nitrogen and oxygen atoms in total. The summed E-state index contributed by atoms with van der Waals surface area (Å²) >= 11 is 0. The number of fused-ring (bicyclic) bond motifs is 1. The molecular formula is C19H24N4O. The summed E-state index contributed by atoms with van der Waals surface area (Å²) in [7, 11) is 1.90. The first-order valence-corrected chi connectivity index (χ1v) is 8.80. The highest BCUT2D eigenvalue weighted by Crippen LogP contribution is 2.53. The molecule has 1 aliphatic carbocycles. The molecule has 1 saturated heterocycles. The van der Waals surface area contributed by atoms with E-state index in [0.717, 1.165) is 18.7 Å². The van der Waals surface area contributed by atoms with Crippen LogP contribution in [0, 0.1) is 5.92 Å². The van der Waals surface area contributed by atoms with Gasteiger partial charge in [-0.2, -0.15) is 5.10 Å². The number of amides is 2. The van der Waals surface area contributed by atoms with Gasteiger partial charge in [0, 0.05) is 25.7 Å².